The van der Waals surface area contributed by atoms with Crippen LogP contribution in [0.1, 0.15) is 22.6 Å². The van der Waals surface area contributed by atoms with Crippen LogP contribution in [0.4, 0.5) is 0 Å². The number of carbonyl (C=O) groups excluding carboxylic acids is 1. The summed E-state index contributed by atoms with van der Waals surface area (Å²) in [4.78, 5) is 13.1. The third-order valence-corrected chi connectivity index (χ3v) is 4.12. The van der Waals surface area contributed by atoms with Crippen LogP contribution in [0.15, 0.2) is 47.4 Å². The predicted molar refractivity (Wildman–Crippen MR) is 78.8 cm³/mol. The molecule has 0 fully saturated rings. The summed E-state index contributed by atoms with van der Waals surface area (Å²) < 4.78 is 4.99. The maximum Gasteiger partial charge on any atom is 0.210 e. The van der Waals surface area contributed by atoms with E-state index in [1.807, 2.05) is 30.6 Å². The van der Waals surface area contributed by atoms with Gasteiger partial charge in [0, 0.05) is 36.8 Å². The summed E-state index contributed by atoms with van der Waals surface area (Å²) in [7, 11) is 0. The molecule has 0 radical (unpaired) electrons. The van der Waals surface area contributed by atoms with E-state index >= 15 is 0 Å². The molecule has 6 nitrogen and oxygen atoms in total. The van der Waals surface area contributed by atoms with Crippen LogP contribution in [0.3, 0.4) is 0 Å². The van der Waals surface area contributed by atoms with Gasteiger partial charge in [-0.3, -0.25) is 9.89 Å². The number of fused-ring (bicyclic) bond motifs is 1. The molecule has 1 aromatic carbocycles. The molecule has 3 heterocycles. The molecule has 110 valence electrons. The lowest BCUT2D eigenvalue weighted by Gasteiger charge is -2.33. The largest absolute Gasteiger partial charge is 0.364 e. The number of amides is 1. The van der Waals surface area contributed by atoms with Crippen LogP contribution < -0.4 is 0 Å². The normalized spacial score (nSPS) is 17.3. The van der Waals surface area contributed by atoms with E-state index in [4.69, 9.17) is 4.52 Å². The third-order valence-electron chi connectivity index (χ3n) is 4.12. The van der Waals surface area contributed by atoms with Gasteiger partial charge in [0.15, 0.2) is 0 Å². The Hall–Kier alpha value is -2.89. The second-order valence-corrected chi connectivity index (χ2v) is 5.38. The Kier molecular flexibility index (Phi) is 3.00. The number of nitrogens with one attached hydrogen (secondary N) is 1. The zero-order chi connectivity index (χ0) is 14.9. The standard InChI is InChI=1S/C16H14N4O2/c21-10-20-8-11-2-1-3-13(15-4-5-22-19-15)16(11)14(9-20)12-6-17-18-7-12/h1-7,10,14H,8-9H2,(H,17,18). The zero-order valence-corrected chi connectivity index (χ0v) is 11.8. The molecule has 1 amide bonds. The lowest BCUT2D eigenvalue weighted by atomic mass is 9.82. The average Bonchev–Trinajstić information content (AvgIpc) is 3.26. The minimum atomic E-state index is 0.0700. The Bertz CT molecular complexity index is 781. The quantitative estimate of drug-likeness (QED) is 0.751. The van der Waals surface area contributed by atoms with Gasteiger partial charge in [-0.2, -0.15) is 5.10 Å². The van der Waals surface area contributed by atoms with Crippen molar-refractivity contribution in [3.8, 4) is 11.3 Å². The monoisotopic (exact) mass is 294 g/mol. The molecule has 22 heavy (non-hydrogen) atoms. The maximum absolute atomic E-state index is 11.3. The van der Waals surface area contributed by atoms with Crippen LogP contribution >= 0.6 is 0 Å². The molecule has 1 aliphatic rings. The highest BCUT2D eigenvalue weighted by Gasteiger charge is 2.29. The molecule has 0 spiro atoms. The number of hydrogen-bond donors (Lipinski definition) is 1. The number of benzene rings is 1. The van der Waals surface area contributed by atoms with Gasteiger partial charge < -0.3 is 9.42 Å². The van der Waals surface area contributed by atoms with Gasteiger partial charge in [-0.25, -0.2) is 0 Å². The second kappa shape index (κ2) is 5.14. The Morgan fingerprint density at radius 1 is 1.36 bits per heavy atom. The van der Waals surface area contributed by atoms with Crippen molar-refractivity contribution in [2.24, 2.45) is 0 Å². The summed E-state index contributed by atoms with van der Waals surface area (Å²) in [5, 5.41) is 11.0. The highest BCUT2D eigenvalue weighted by atomic mass is 16.5. The average molecular weight is 294 g/mol. The smallest absolute Gasteiger partial charge is 0.210 e. The fourth-order valence-electron chi connectivity index (χ4n) is 3.15. The van der Waals surface area contributed by atoms with E-state index < -0.39 is 0 Å². The Balaban J connectivity index is 1.91. The van der Waals surface area contributed by atoms with Crippen LogP contribution in [0, 0.1) is 0 Å². The predicted octanol–water partition coefficient (Wildman–Crippen LogP) is 2.17. The van der Waals surface area contributed by atoms with Crippen molar-refractivity contribution in [3.05, 3.63) is 59.6 Å². The van der Waals surface area contributed by atoms with Gasteiger partial charge in [-0.05, 0) is 16.7 Å². The number of rotatable bonds is 3. The molecule has 0 saturated carbocycles. The van der Waals surface area contributed by atoms with Gasteiger partial charge in [-0.1, -0.05) is 23.4 Å². The Morgan fingerprint density at radius 2 is 2.32 bits per heavy atom. The van der Waals surface area contributed by atoms with E-state index in [0.29, 0.717) is 13.1 Å². The van der Waals surface area contributed by atoms with Crippen LogP contribution in [0.25, 0.3) is 11.3 Å². The number of carbonyl (C=O) groups is 1. The first kappa shape index (κ1) is 12.8. The molecule has 1 aliphatic heterocycles. The minimum Gasteiger partial charge on any atom is -0.364 e. The summed E-state index contributed by atoms with van der Waals surface area (Å²) in [6.45, 7) is 1.24. The molecule has 1 N–H and O–H groups in total. The molecule has 2 aromatic heterocycles. The number of aromatic amines is 1. The van der Waals surface area contributed by atoms with Crippen LogP contribution in [0.2, 0.25) is 0 Å². The summed E-state index contributed by atoms with van der Waals surface area (Å²) in [6.07, 6.45) is 6.16. The van der Waals surface area contributed by atoms with E-state index in [1.165, 1.54) is 5.56 Å². The number of hydrogen-bond acceptors (Lipinski definition) is 4. The van der Waals surface area contributed by atoms with Crippen molar-refractivity contribution in [1.29, 1.82) is 0 Å². The lowest BCUT2D eigenvalue weighted by molar-refractivity contribution is -0.119. The summed E-state index contributed by atoms with van der Waals surface area (Å²) >= 11 is 0. The summed E-state index contributed by atoms with van der Waals surface area (Å²) in [6, 6.07) is 7.94. The fraction of sp³-hybridized carbons (Fsp3) is 0.188. The van der Waals surface area contributed by atoms with E-state index in [2.05, 4.69) is 21.4 Å². The van der Waals surface area contributed by atoms with Crippen molar-refractivity contribution in [2.75, 3.05) is 6.54 Å². The zero-order valence-electron chi connectivity index (χ0n) is 11.8. The SMILES string of the molecule is O=CN1Cc2cccc(-c3ccon3)c2C(c2cn[nH]c2)C1. The third kappa shape index (κ3) is 2.00. The lowest BCUT2D eigenvalue weighted by Crippen LogP contribution is -2.33. The molecule has 6 heteroatoms. The first-order chi connectivity index (χ1) is 10.9. The number of aromatic nitrogens is 3. The fourth-order valence-corrected chi connectivity index (χ4v) is 3.15. The maximum atomic E-state index is 11.3. The van der Waals surface area contributed by atoms with Crippen molar-refractivity contribution in [1.82, 2.24) is 20.3 Å². The van der Waals surface area contributed by atoms with Crippen molar-refractivity contribution >= 4 is 6.41 Å². The Morgan fingerprint density at radius 3 is 3.05 bits per heavy atom. The van der Waals surface area contributed by atoms with Gasteiger partial charge >= 0.3 is 0 Å². The highest BCUT2D eigenvalue weighted by Crippen LogP contribution is 2.38. The molecule has 0 bridgehead atoms. The molecular formula is C16H14N4O2. The van der Waals surface area contributed by atoms with Gasteiger partial charge in [-0.15, -0.1) is 0 Å². The molecule has 4 rings (SSSR count). The van der Waals surface area contributed by atoms with Gasteiger partial charge in [0.2, 0.25) is 6.41 Å². The number of H-pyrrole nitrogens is 1. The first-order valence-corrected chi connectivity index (χ1v) is 7.07. The van der Waals surface area contributed by atoms with Crippen LogP contribution in [-0.4, -0.2) is 33.2 Å². The molecule has 3 aromatic rings. The van der Waals surface area contributed by atoms with Crippen LogP contribution in [0.5, 0.6) is 0 Å². The second-order valence-electron chi connectivity index (χ2n) is 5.38. The van der Waals surface area contributed by atoms with E-state index in [1.54, 1.807) is 11.2 Å². The summed E-state index contributed by atoms with van der Waals surface area (Å²) in [5.41, 5.74) is 5.23. The highest BCUT2D eigenvalue weighted by molar-refractivity contribution is 5.68. The van der Waals surface area contributed by atoms with Gasteiger partial charge in [0.1, 0.15) is 12.0 Å². The molecular weight excluding hydrogens is 280 g/mol. The van der Waals surface area contributed by atoms with Crippen LogP contribution in [-0.2, 0) is 11.3 Å². The van der Waals surface area contributed by atoms with E-state index in [0.717, 1.165) is 28.8 Å². The molecule has 0 aliphatic carbocycles. The van der Waals surface area contributed by atoms with E-state index in [-0.39, 0.29) is 5.92 Å². The van der Waals surface area contributed by atoms with E-state index in [9.17, 15) is 4.79 Å². The Labute approximate surface area is 126 Å². The number of nitrogens with zero attached hydrogens (tertiary/aromatic N) is 3. The first-order valence-electron chi connectivity index (χ1n) is 7.07. The van der Waals surface area contributed by atoms with Crippen molar-refractivity contribution in [2.45, 2.75) is 12.5 Å². The molecule has 1 unspecified atom stereocenters. The molecule has 1 atom stereocenters. The topological polar surface area (TPSA) is 75.0 Å². The van der Waals surface area contributed by atoms with Gasteiger partial charge in [0.05, 0.1) is 6.20 Å². The molecule has 0 saturated heterocycles. The minimum absolute atomic E-state index is 0.0700. The van der Waals surface area contributed by atoms with Crippen molar-refractivity contribution in [3.63, 3.8) is 0 Å². The van der Waals surface area contributed by atoms with Gasteiger partial charge in [0.25, 0.3) is 0 Å². The van der Waals surface area contributed by atoms with Crippen molar-refractivity contribution < 1.29 is 9.32 Å². The summed E-state index contributed by atoms with van der Waals surface area (Å²) in [5.74, 6) is 0.0700.